The van der Waals surface area contributed by atoms with Crippen LogP contribution in [0.5, 0.6) is 0 Å². The molecule has 1 aromatic heterocycles. The Hall–Kier alpha value is -2.97. The third-order valence-corrected chi connectivity index (χ3v) is 5.64. The van der Waals surface area contributed by atoms with Crippen molar-refractivity contribution in [3.63, 3.8) is 0 Å². The van der Waals surface area contributed by atoms with Crippen LogP contribution in [0.4, 0.5) is 0 Å². The largest absolute Gasteiger partial charge is 0.375 e. The molecular weight excluding hydrogens is 350 g/mol. The van der Waals surface area contributed by atoms with Gasteiger partial charge in [-0.2, -0.15) is 5.26 Å². The zero-order valence-electron chi connectivity index (χ0n) is 16.1. The summed E-state index contributed by atoms with van der Waals surface area (Å²) in [5.74, 6) is 0.0463. The van der Waals surface area contributed by atoms with Crippen LogP contribution in [0, 0.1) is 11.3 Å². The molecular formula is C23H23N3O2. The molecule has 2 aromatic rings. The number of nitrogens with zero attached hydrogens (tertiary/aromatic N) is 3. The second kappa shape index (κ2) is 7.95. The minimum atomic E-state index is 0.0463. The van der Waals surface area contributed by atoms with Gasteiger partial charge in [-0.05, 0) is 60.6 Å². The number of benzene rings is 1. The van der Waals surface area contributed by atoms with Crippen molar-refractivity contribution in [2.45, 2.75) is 25.7 Å². The lowest BCUT2D eigenvalue weighted by atomic mass is 9.88. The third-order valence-electron chi connectivity index (χ3n) is 5.64. The van der Waals surface area contributed by atoms with Gasteiger partial charge in [0.1, 0.15) is 6.61 Å². The first kappa shape index (κ1) is 18.4. The van der Waals surface area contributed by atoms with Crippen LogP contribution in [0.3, 0.4) is 0 Å². The summed E-state index contributed by atoms with van der Waals surface area (Å²) in [5.41, 5.74) is 7.93. The Morgan fingerprint density at radius 2 is 1.96 bits per heavy atom. The Morgan fingerprint density at radius 1 is 1.18 bits per heavy atom. The zero-order valence-corrected chi connectivity index (χ0v) is 16.1. The van der Waals surface area contributed by atoms with Crippen LogP contribution in [0.1, 0.15) is 40.8 Å². The first-order valence-electron chi connectivity index (χ1n) is 9.67. The number of ether oxygens (including phenoxy) is 1. The Balaban J connectivity index is 1.77. The number of hydrogen-bond acceptors (Lipinski definition) is 4. The number of likely N-dealkylation sites (tertiary alicyclic amines) is 1. The van der Waals surface area contributed by atoms with Gasteiger partial charge >= 0.3 is 0 Å². The molecule has 0 radical (unpaired) electrons. The summed E-state index contributed by atoms with van der Waals surface area (Å²) in [7, 11) is 1.55. The summed E-state index contributed by atoms with van der Waals surface area (Å²) in [6.45, 7) is 1.54. The highest BCUT2D eigenvalue weighted by atomic mass is 16.5. The number of methoxy groups -OCH3 is 1. The van der Waals surface area contributed by atoms with Gasteiger partial charge in [0, 0.05) is 32.0 Å². The number of carbonyl (C=O) groups is 1. The number of amides is 1. The molecule has 0 N–H and O–H groups in total. The van der Waals surface area contributed by atoms with E-state index < -0.39 is 0 Å². The topological polar surface area (TPSA) is 66.2 Å². The fourth-order valence-electron chi connectivity index (χ4n) is 4.23. The SMILES string of the molecule is COCC(=O)N1CCC(=C2c3ccc(C#N)cc3CCc3cccnc32)CC1. The summed E-state index contributed by atoms with van der Waals surface area (Å²) in [6.07, 6.45) is 5.34. The highest BCUT2D eigenvalue weighted by molar-refractivity contribution is 5.85. The number of pyridine rings is 1. The summed E-state index contributed by atoms with van der Waals surface area (Å²) in [6, 6.07) is 12.4. The van der Waals surface area contributed by atoms with E-state index in [1.807, 2.05) is 29.3 Å². The maximum absolute atomic E-state index is 12.1. The number of carbonyl (C=O) groups excluding carboxylic acids is 1. The molecule has 1 amide bonds. The number of piperidine rings is 1. The predicted octanol–water partition coefficient (Wildman–Crippen LogP) is 3.12. The molecule has 28 heavy (non-hydrogen) atoms. The second-order valence-corrected chi connectivity index (χ2v) is 7.29. The van der Waals surface area contributed by atoms with Crippen molar-refractivity contribution in [1.29, 1.82) is 5.26 Å². The Kier molecular flexibility index (Phi) is 5.23. The van der Waals surface area contributed by atoms with Crippen LogP contribution < -0.4 is 0 Å². The molecule has 2 aliphatic rings. The van der Waals surface area contributed by atoms with Gasteiger partial charge in [0.05, 0.1) is 17.3 Å². The van der Waals surface area contributed by atoms with E-state index in [0.717, 1.165) is 31.4 Å². The van der Waals surface area contributed by atoms with Crippen LogP contribution in [0.15, 0.2) is 42.1 Å². The van der Waals surface area contributed by atoms with E-state index in [1.165, 1.54) is 27.8 Å². The molecule has 1 saturated heterocycles. The summed E-state index contributed by atoms with van der Waals surface area (Å²) >= 11 is 0. The predicted molar refractivity (Wildman–Crippen MR) is 107 cm³/mol. The summed E-state index contributed by atoms with van der Waals surface area (Å²) < 4.78 is 4.99. The Labute approximate surface area is 165 Å². The first-order valence-corrected chi connectivity index (χ1v) is 9.67. The smallest absolute Gasteiger partial charge is 0.248 e. The van der Waals surface area contributed by atoms with E-state index in [9.17, 15) is 10.1 Å². The van der Waals surface area contributed by atoms with Gasteiger partial charge in [-0.15, -0.1) is 0 Å². The van der Waals surface area contributed by atoms with Crippen LogP contribution >= 0.6 is 0 Å². The van der Waals surface area contributed by atoms with E-state index >= 15 is 0 Å². The van der Waals surface area contributed by atoms with Gasteiger partial charge in [0.2, 0.25) is 5.91 Å². The molecule has 4 rings (SSSR count). The quantitative estimate of drug-likeness (QED) is 0.811. The van der Waals surface area contributed by atoms with E-state index in [2.05, 4.69) is 18.2 Å². The van der Waals surface area contributed by atoms with Gasteiger partial charge in [-0.3, -0.25) is 9.78 Å². The van der Waals surface area contributed by atoms with Gasteiger partial charge < -0.3 is 9.64 Å². The molecule has 0 spiro atoms. The molecule has 0 atom stereocenters. The standard InChI is InChI=1S/C23H23N3O2/c1-28-15-21(27)26-11-8-17(9-12-26)22-20-7-4-16(14-24)13-19(20)6-5-18-3-2-10-25-23(18)22/h2-4,7,10,13H,5-6,8-9,11-12,15H2,1H3. The van der Waals surface area contributed by atoms with Crippen molar-refractivity contribution >= 4 is 11.5 Å². The Bertz CT molecular complexity index is 978. The molecule has 0 saturated carbocycles. The molecule has 1 aliphatic heterocycles. The number of fused-ring (bicyclic) bond motifs is 2. The molecule has 0 bridgehead atoms. The number of nitriles is 1. The molecule has 5 heteroatoms. The second-order valence-electron chi connectivity index (χ2n) is 7.29. The minimum Gasteiger partial charge on any atom is -0.375 e. The third kappa shape index (κ3) is 3.44. The molecule has 0 unspecified atom stereocenters. The van der Waals surface area contributed by atoms with E-state index in [4.69, 9.17) is 9.72 Å². The summed E-state index contributed by atoms with van der Waals surface area (Å²) in [4.78, 5) is 18.8. The van der Waals surface area contributed by atoms with Crippen LogP contribution in [-0.4, -0.2) is 42.6 Å². The van der Waals surface area contributed by atoms with Crippen LogP contribution in [-0.2, 0) is 22.4 Å². The molecule has 1 aliphatic carbocycles. The maximum atomic E-state index is 12.1. The van der Waals surface area contributed by atoms with Crippen molar-refractivity contribution in [1.82, 2.24) is 9.88 Å². The normalized spacial score (nSPS) is 16.1. The molecule has 142 valence electrons. The first-order chi connectivity index (χ1) is 13.7. The minimum absolute atomic E-state index is 0.0463. The summed E-state index contributed by atoms with van der Waals surface area (Å²) in [5, 5.41) is 9.30. The van der Waals surface area contributed by atoms with E-state index in [-0.39, 0.29) is 12.5 Å². The van der Waals surface area contributed by atoms with Crippen molar-refractivity contribution < 1.29 is 9.53 Å². The highest BCUT2D eigenvalue weighted by Gasteiger charge is 2.26. The van der Waals surface area contributed by atoms with Crippen molar-refractivity contribution in [3.05, 3.63) is 70.0 Å². The molecule has 1 aromatic carbocycles. The average molecular weight is 373 g/mol. The van der Waals surface area contributed by atoms with E-state index in [0.29, 0.717) is 18.7 Å². The van der Waals surface area contributed by atoms with Crippen molar-refractivity contribution in [2.24, 2.45) is 0 Å². The van der Waals surface area contributed by atoms with Gasteiger partial charge in [0.25, 0.3) is 0 Å². The molecule has 5 nitrogen and oxygen atoms in total. The van der Waals surface area contributed by atoms with Crippen LogP contribution in [0.2, 0.25) is 0 Å². The highest BCUT2D eigenvalue weighted by Crippen LogP contribution is 2.37. The number of rotatable bonds is 2. The lowest BCUT2D eigenvalue weighted by Crippen LogP contribution is -2.38. The van der Waals surface area contributed by atoms with Gasteiger partial charge in [-0.1, -0.05) is 17.7 Å². The lowest BCUT2D eigenvalue weighted by Gasteiger charge is -2.30. The molecule has 2 heterocycles. The van der Waals surface area contributed by atoms with Crippen molar-refractivity contribution in [2.75, 3.05) is 26.8 Å². The average Bonchev–Trinajstić information content (AvgIpc) is 2.90. The van der Waals surface area contributed by atoms with E-state index in [1.54, 1.807) is 7.11 Å². The molecule has 1 fully saturated rings. The van der Waals surface area contributed by atoms with Gasteiger partial charge in [-0.25, -0.2) is 0 Å². The fraction of sp³-hybridized carbons (Fsp3) is 0.348. The van der Waals surface area contributed by atoms with Gasteiger partial charge in [0.15, 0.2) is 0 Å². The lowest BCUT2D eigenvalue weighted by molar-refractivity contribution is -0.135. The Morgan fingerprint density at radius 3 is 2.71 bits per heavy atom. The fourth-order valence-corrected chi connectivity index (χ4v) is 4.23. The van der Waals surface area contributed by atoms with Crippen molar-refractivity contribution in [3.8, 4) is 6.07 Å². The maximum Gasteiger partial charge on any atom is 0.248 e. The van der Waals surface area contributed by atoms with Crippen LogP contribution in [0.25, 0.3) is 5.57 Å². The number of aromatic nitrogens is 1. The zero-order chi connectivity index (χ0) is 19.5. The number of aryl methyl sites for hydroxylation is 2. The monoisotopic (exact) mass is 373 g/mol. The number of hydrogen-bond donors (Lipinski definition) is 0.